The third kappa shape index (κ3) is 8.73. The van der Waals surface area contributed by atoms with Crippen molar-refractivity contribution in [2.75, 3.05) is 6.61 Å². The largest absolute Gasteiger partial charge is 0.461 e. The van der Waals surface area contributed by atoms with Crippen molar-refractivity contribution < 1.29 is 9.53 Å². The lowest BCUT2D eigenvalue weighted by Gasteiger charge is -2.07. The second-order valence-corrected chi connectivity index (χ2v) is 4.81. The van der Waals surface area contributed by atoms with E-state index in [1.807, 2.05) is 19.9 Å². The van der Waals surface area contributed by atoms with Gasteiger partial charge in [0.25, 0.3) is 0 Å². The van der Waals surface area contributed by atoms with Gasteiger partial charge in [-0.1, -0.05) is 31.1 Å². The molecule has 0 fully saturated rings. The Labute approximate surface area is 106 Å². The molecule has 2 nitrogen and oxygen atoms in total. The van der Waals surface area contributed by atoms with Gasteiger partial charge in [-0.2, -0.15) is 0 Å². The number of hydrogen-bond donors (Lipinski definition) is 0. The van der Waals surface area contributed by atoms with Gasteiger partial charge in [0.05, 0.1) is 5.92 Å². The Kier molecular flexibility index (Phi) is 8.47. The van der Waals surface area contributed by atoms with Crippen LogP contribution in [0.2, 0.25) is 0 Å². The van der Waals surface area contributed by atoms with E-state index in [9.17, 15) is 4.79 Å². The molecule has 98 valence electrons. The predicted molar refractivity (Wildman–Crippen MR) is 72.8 cm³/mol. The highest BCUT2D eigenvalue weighted by Gasteiger charge is 2.10. The second kappa shape index (κ2) is 9.03. The number of carbonyl (C=O) groups excluding carboxylic acids is 1. The lowest BCUT2D eigenvalue weighted by Crippen LogP contribution is -2.13. The van der Waals surface area contributed by atoms with Gasteiger partial charge in [0.15, 0.2) is 0 Å². The molecule has 0 bridgehead atoms. The van der Waals surface area contributed by atoms with Crippen LogP contribution in [0.5, 0.6) is 0 Å². The van der Waals surface area contributed by atoms with Gasteiger partial charge in [0.2, 0.25) is 0 Å². The first kappa shape index (κ1) is 16.0. The van der Waals surface area contributed by atoms with Gasteiger partial charge in [-0.05, 0) is 46.1 Å². The van der Waals surface area contributed by atoms with E-state index in [0.29, 0.717) is 6.61 Å². The van der Waals surface area contributed by atoms with E-state index in [1.165, 1.54) is 11.1 Å². The van der Waals surface area contributed by atoms with Crippen LogP contribution in [-0.2, 0) is 9.53 Å². The van der Waals surface area contributed by atoms with Crippen molar-refractivity contribution in [2.24, 2.45) is 5.92 Å². The zero-order valence-corrected chi connectivity index (χ0v) is 11.9. The molecule has 0 aliphatic carbocycles. The number of carbonyl (C=O) groups is 1. The summed E-state index contributed by atoms with van der Waals surface area (Å²) in [6, 6.07) is 0. The number of rotatable bonds is 7. The molecule has 0 spiro atoms. The Balaban J connectivity index is 3.84. The van der Waals surface area contributed by atoms with Crippen molar-refractivity contribution in [3.63, 3.8) is 0 Å². The monoisotopic (exact) mass is 238 g/mol. The van der Waals surface area contributed by atoms with Gasteiger partial charge in [0.1, 0.15) is 6.61 Å². The summed E-state index contributed by atoms with van der Waals surface area (Å²) in [4.78, 5) is 11.4. The Morgan fingerprint density at radius 3 is 2.41 bits per heavy atom. The summed E-state index contributed by atoms with van der Waals surface area (Å²) < 4.78 is 5.16. The molecule has 0 amide bonds. The summed E-state index contributed by atoms with van der Waals surface area (Å²) in [5.74, 6) is -0.0878. The van der Waals surface area contributed by atoms with Crippen molar-refractivity contribution in [2.45, 2.75) is 53.9 Å². The highest BCUT2D eigenvalue weighted by molar-refractivity contribution is 5.71. The highest BCUT2D eigenvalue weighted by atomic mass is 16.5. The van der Waals surface area contributed by atoms with E-state index >= 15 is 0 Å². The van der Waals surface area contributed by atoms with E-state index in [2.05, 4.69) is 26.8 Å². The lowest BCUT2D eigenvalue weighted by atomic mass is 10.1. The number of allylic oxidation sites excluding steroid dienone is 3. The average Bonchev–Trinajstić information content (AvgIpc) is 2.27. The maximum atomic E-state index is 11.4. The molecule has 0 rings (SSSR count). The topological polar surface area (TPSA) is 26.3 Å². The van der Waals surface area contributed by atoms with Crippen molar-refractivity contribution in [1.29, 1.82) is 0 Å². The smallest absolute Gasteiger partial charge is 0.308 e. The molecule has 1 atom stereocenters. The highest BCUT2D eigenvalue weighted by Crippen LogP contribution is 2.07. The van der Waals surface area contributed by atoms with Crippen molar-refractivity contribution in [3.8, 4) is 0 Å². The van der Waals surface area contributed by atoms with Crippen molar-refractivity contribution >= 4 is 5.97 Å². The number of esters is 1. The molecule has 1 unspecified atom stereocenters. The minimum atomic E-state index is -0.0964. The summed E-state index contributed by atoms with van der Waals surface area (Å²) >= 11 is 0. The van der Waals surface area contributed by atoms with Crippen LogP contribution in [0.3, 0.4) is 0 Å². The van der Waals surface area contributed by atoms with Crippen LogP contribution in [0.1, 0.15) is 53.9 Å². The van der Waals surface area contributed by atoms with E-state index in [1.54, 1.807) is 0 Å². The molecule has 0 aromatic rings. The molecular weight excluding hydrogens is 212 g/mol. The van der Waals surface area contributed by atoms with Gasteiger partial charge in [-0.15, -0.1) is 0 Å². The molecule has 0 saturated carbocycles. The molecule has 17 heavy (non-hydrogen) atoms. The first-order valence-corrected chi connectivity index (χ1v) is 6.43. The van der Waals surface area contributed by atoms with Crippen LogP contribution >= 0.6 is 0 Å². The Morgan fingerprint density at radius 2 is 1.88 bits per heavy atom. The Bertz CT molecular complexity index is 283. The fraction of sp³-hybridized carbons (Fsp3) is 0.667. The summed E-state index contributed by atoms with van der Waals surface area (Å²) in [6.45, 7) is 10.6. The number of ether oxygens (including phenoxy) is 1. The molecule has 0 radical (unpaired) electrons. The van der Waals surface area contributed by atoms with Crippen LogP contribution in [0.15, 0.2) is 23.3 Å². The standard InChI is InChI=1S/C15H26O2/c1-6-14(5)15(16)17-11-10-13(4)9-7-8-12(2)3/h8,10,14H,6-7,9,11H2,1-5H3/b13-10-. The molecular formula is C15H26O2. The Morgan fingerprint density at radius 1 is 1.24 bits per heavy atom. The van der Waals surface area contributed by atoms with Crippen LogP contribution in [0.4, 0.5) is 0 Å². The normalized spacial score (nSPS) is 13.1. The number of hydrogen-bond acceptors (Lipinski definition) is 2. The third-order valence-electron chi connectivity index (χ3n) is 2.76. The molecule has 0 aliphatic rings. The fourth-order valence-corrected chi connectivity index (χ4v) is 1.27. The molecule has 0 saturated heterocycles. The fourth-order valence-electron chi connectivity index (χ4n) is 1.27. The zero-order chi connectivity index (χ0) is 13.3. The third-order valence-corrected chi connectivity index (χ3v) is 2.76. The summed E-state index contributed by atoms with van der Waals surface area (Å²) in [5, 5.41) is 0. The van der Waals surface area contributed by atoms with Crippen LogP contribution in [0.25, 0.3) is 0 Å². The van der Waals surface area contributed by atoms with Crippen LogP contribution < -0.4 is 0 Å². The van der Waals surface area contributed by atoms with Crippen molar-refractivity contribution in [1.82, 2.24) is 0 Å². The molecule has 0 aliphatic heterocycles. The van der Waals surface area contributed by atoms with Crippen LogP contribution in [0, 0.1) is 5.92 Å². The lowest BCUT2D eigenvalue weighted by molar-refractivity contribution is -0.146. The summed E-state index contributed by atoms with van der Waals surface area (Å²) in [7, 11) is 0. The maximum absolute atomic E-state index is 11.4. The molecule has 0 aromatic carbocycles. The quantitative estimate of drug-likeness (QED) is 0.489. The first-order chi connectivity index (χ1) is 7.97. The summed E-state index contributed by atoms with van der Waals surface area (Å²) in [5.41, 5.74) is 2.63. The van der Waals surface area contributed by atoms with Crippen LogP contribution in [-0.4, -0.2) is 12.6 Å². The minimum absolute atomic E-state index is 0.00869. The van der Waals surface area contributed by atoms with Gasteiger partial charge >= 0.3 is 5.97 Å². The Hall–Kier alpha value is -1.05. The van der Waals surface area contributed by atoms with Gasteiger partial charge in [0, 0.05) is 0 Å². The first-order valence-electron chi connectivity index (χ1n) is 6.43. The van der Waals surface area contributed by atoms with E-state index in [0.717, 1.165) is 19.3 Å². The molecule has 0 heterocycles. The van der Waals surface area contributed by atoms with Gasteiger partial charge < -0.3 is 4.74 Å². The minimum Gasteiger partial charge on any atom is -0.461 e. The van der Waals surface area contributed by atoms with Crippen molar-refractivity contribution in [3.05, 3.63) is 23.3 Å². The molecule has 0 aromatic heterocycles. The van der Waals surface area contributed by atoms with E-state index < -0.39 is 0 Å². The van der Waals surface area contributed by atoms with E-state index in [4.69, 9.17) is 4.74 Å². The average molecular weight is 238 g/mol. The van der Waals surface area contributed by atoms with Gasteiger partial charge in [-0.25, -0.2) is 0 Å². The molecule has 0 N–H and O–H groups in total. The predicted octanol–water partition coefficient (Wildman–Crippen LogP) is 4.27. The zero-order valence-electron chi connectivity index (χ0n) is 11.9. The summed E-state index contributed by atoms with van der Waals surface area (Å²) in [6.07, 6.45) is 7.15. The van der Waals surface area contributed by atoms with E-state index in [-0.39, 0.29) is 11.9 Å². The SMILES string of the molecule is CCC(C)C(=O)OC/C=C(/C)CCC=C(C)C. The second-order valence-electron chi connectivity index (χ2n) is 4.81. The van der Waals surface area contributed by atoms with Gasteiger partial charge in [-0.3, -0.25) is 4.79 Å². The maximum Gasteiger partial charge on any atom is 0.308 e. The molecule has 2 heteroatoms.